The minimum atomic E-state index is -4.27. The zero-order valence-electron chi connectivity index (χ0n) is 12.5. The Morgan fingerprint density at radius 2 is 1.76 bits per heavy atom. The molecular formula is C14H23NO5S. The van der Waals surface area contributed by atoms with Crippen molar-refractivity contribution in [2.75, 3.05) is 46.5 Å². The lowest BCUT2D eigenvalue weighted by Crippen LogP contribution is -2.53. The molecule has 6 nitrogen and oxygen atoms in total. The van der Waals surface area contributed by atoms with E-state index in [-0.39, 0.29) is 11.5 Å². The molecule has 2 rings (SSSR count). The molecule has 1 aromatic carbocycles. The standard InChI is InChI=1S/C7H16NO2.C7H8O3S/c1-8(2-5-9)3-6-10-7-4-8;1-6-2-4-7(5-3-6)11(8,9)10/h9H,2-7H2,1H3;2-5H,1H3,(H,8,9,10)/q+1;/p-1. The van der Waals surface area contributed by atoms with Crippen LogP contribution in [0.1, 0.15) is 5.56 Å². The third-order valence-corrected chi connectivity index (χ3v) is 4.35. The molecule has 21 heavy (non-hydrogen) atoms. The number of benzene rings is 1. The van der Waals surface area contributed by atoms with Crippen LogP contribution in [0.5, 0.6) is 0 Å². The fourth-order valence-electron chi connectivity index (χ4n) is 1.95. The number of nitrogens with zero attached hydrogens (tertiary/aromatic N) is 1. The molecule has 1 saturated heterocycles. The monoisotopic (exact) mass is 317 g/mol. The third-order valence-electron chi connectivity index (χ3n) is 3.50. The summed E-state index contributed by atoms with van der Waals surface area (Å²) in [7, 11) is -2.10. The quantitative estimate of drug-likeness (QED) is 0.642. The number of morpholine rings is 1. The van der Waals surface area contributed by atoms with E-state index in [4.69, 9.17) is 9.84 Å². The van der Waals surface area contributed by atoms with Gasteiger partial charge in [-0.15, -0.1) is 0 Å². The highest BCUT2D eigenvalue weighted by molar-refractivity contribution is 7.85. The first-order valence-electron chi connectivity index (χ1n) is 6.81. The normalized spacial score (nSPS) is 17.7. The van der Waals surface area contributed by atoms with Gasteiger partial charge in [-0.3, -0.25) is 0 Å². The van der Waals surface area contributed by atoms with Crippen molar-refractivity contribution in [1.82, 2.24) is 0 Å². The lowest BCUT2D eigenvalue weighted by molar-refractivity contribution is -0.917. The molecule has 0 amide bonds. The average Bonchev–Trinajstić information content (AvgIpc) is 2.39. The van der Waals surface area contributed by atoms with Crippen LogP contribution in [0, 0.1) is 6.92 Å². The topological polar surface area (TPSA) is 86.7 Å². The van der Waals surface area contributed by atoms with Crippen molar-refractivity contribution in [2.45, 2.75) is 11.8 Å². The van der Waals surface area contributed by atoms with Gasteiger partial charge in [-0.2, -0.15) is 0 Å². The lowest BCUT2D eigenvalue weighted by atomic mass is 10.2. The number of aliphatic hydroxyl groups excluding tert-OH is 1. The predicted octanol–water partition coefficient (Wildman–Crippen LogP) is 0.355. The predicted molar refractivity (Wildman–Crippen MR) is 77.8 cm³/mol. The summed E-state index contributed by atoms with van der Waals surface area (Å²) in [5.41, 5.74) is 0.928. The van der Waals surface area contributed by atoms with E-state index in [1.165, 1.54) is 12.1 Å². The molecule has 0 bridgehead atoms. The second kappa shape index (κ2) is 7.86. The van der Waals surface area contributed by atoms with Crippen molar-refractivity contribution in [1.29, 1.82) is 0 Å². The number of ether oxygens (including phenoxy) is 1. The second-order valence-corrected chi connectivity index (χ2v) is 6.77. The first-order valence-corrected chi connectivity index (χ1v) is 8.22. The van der Waals surface area contributed by atoms with E-state index in [0.717, 1.165) is 42.9 Å². The van der Waals surface area contributed by atoms with E-state index in [1.54, 1.807) is 12.1 Å². The Morgan fingerprint density at radius 1 is 1.24 bits per heavy atom. The highest BCUT2D eigenvalue weighted by atomic mass is 32.2. The molecular weight excluding hydrogens is 294 g/mol. The lowest BCUT2D eigenvalue weighted by Gasteiger charge is -2.36. The molecule has 0 atom stereocenters. The molecule has 0 unspecified atom stereocenters. The molecule has 0 aromatic heterocycles. The summed E-state index contributed by atoms with van der Waals surface area (Å²) in [6, 6.07) is 5.78. The van der Waals surface area contributed by atoms with Gasteiger partial charge in [0.15, 0.2) is 0 Å². The van der Waals surface area contributed by atoms with Gasteiger partial charge in [-0.1, -0.05) is 17.7 Å². The summed E-state index contributed by atoms with van der Waals surface area (Å²) >= 11 is 0. The van der Waals surface area contributed by atoms with Crippen LogP contribution in [0.3, 0.4) is 0 Å². The van der Waals surface area contributed by atoms with Crippen LogP contribution in [0.15, 0.2) is 29.2 Å². The molecule has 7 heteroatoms. The van der Waals surface area contributed by atoms with Crippen molar-refractivity contribution in [3.63, 3.8) is 0 Å². The zero-order valence-corrected chi connectivity index (χ0v) is 13.3. The molecule has 1 aliphatic heterocycles. The van der Waals surface area contributed by atoms with E-state index in [0.29, 0.717) is 0 Å². The van der Waals surface area contributed by atoms with Gasteiger partial charge in [0.1, 0.15) is 29.8 Å². The number of rotatable bonds is 3. The number of hydrogen-bond acceptors (Lipinski definition) is 5. The van der Waals surface area contributed by atoms with Gasteiger partial charge in [0.05, 0.1) is 31.8 Å². The third kappa shape index (κ3) is 6.54. The van der Waals surface area contributed by atoms with E-state index in [9.17, 15) is 13.0 Å². The smallest absolute Gasteiger partial charge is 0.124 e. The number of likely N-dealkylation sites (N-methyl/N-ethyl adjacent to an activating group) is 1. The highest BCUT2D eigenvalue weighted by Crippen LogP contribution is 2.08. The van der Waals surface area contributed by atoms with Crippen LogP contribution < -0.4 is 0 Å². The van der Waals surface area contributed by atoms with E-state index in [1.807, 2.05) is 6.92 Å². The summed E-state index contributed by atoms with van der Waals surface area (Å²) in [5.74, 6) is 0. The minimum Gasteiger partial charge on any atom is -0.744 e. The Labute approximate surface area is 126 Å². The summed E-state index contributed by atoms with van der Waals surface area (Å²) in [6.07, 6.45) is 0. The zero-order chi connectivity index (χ0) is 15.9. The maximum Gasteiger partial charge on any atom is 0.124 e. The van der Waals surface area contributed by atoms with Crippen LogP contribution >= 0.6 is 0 Å². The Morgan fingerprint density at radius 3 is 2.19 bits per heavy atom. The van der Waals surface area contributed by atoms with Gasteiger partial charge in [-0.25, -0.2) is 8.42 Å². The molecule has 1 heterocycles. The van der Waals surface area contributed by atoms with Gasteiger partial charge < -0.3 is 18.9 Å². The van der Waals surface area contributed by atoms with Crippen molar-refractivity contribution >= 4 is 10.1 Å². The number of aliphatic hydroxyl groups is 1. The molecule has 0 radical (unpaired) electrons. The highest BCUT2D eigenvalue weighted by Gasteiger charge is 2.23. The maximum atomic E-state index is 10.4. The first-order chi connectivity index (χ1) is 9.77. The molecule has 1 fully saturated rings. The van der Waals surface area contributed by atoms with Crippen LogP contribution in [0.2, 0.25) is 0 Å². The van der Waals surface area contributed by atoms with E-state index >= 15 is 0 Å². The first kappa shape index (κ1) is 18.1. The molecule has 1 aliphatic rings. The Hall–Kier alpha value is -0.990. The Bertz CT molecular complexity index is 515. The van der Waals surface area contributed by atoms with Gasteiger partial charge in [0, 0.05) is 0 Å². The Balaban J connectivity index is 0.000000211. The fourth-order valence-corrected chi connectivity index (χ4v) is 2.42. The summed E-state index contributed by atoms with van der Waals surface area (Å²) < 4.78 is 37.3. The molecule has 1 aromatic rings. The van der Waals surface area contributed by atoms with Crippen LogP contribution in [-0.4, -0.2) is 69.1 Å². The van der Waals surface area contributed by atoms with Crippen LogP contribution in [0.25, 0.3) is 0 Å². The van der Waals surface area contributed by atoms with Crippen molar-refractivity contribution in [2.24, 2.45) is 0 Å². The molecule has 0 spiro atoms. The van der Waals surface area contributed by atoms with E-state index in [2.05, 4.69) is 7.05 Å². The second-order valence-electron chi connectivity index (χ2n) is 5.39. The van der Waals surface area contributed by atoms with E-state index < -0.39 is 10.1 Å². The molecule has 0 saturated carbocycles. The van der Waals surface area contributed by atoms with Gasteiger partial charge in [0.2, 0.25) is 0 Å². The van der Waals surface area contributed by atoms with Gasteiger partial charge in [0.25, 0.3) is 0 Å². The fraction of sp³-hybridized carbons (Fsp3) is 0.571. The average molecular weight is 317 g/mol. The van der Waals surface area contributed by atoms with Gasteiger partial charge in [-0.05, 0) is 19.1 Å². The SMILES string of the molecule is C[N+]1(CCO)CCOCC1.Cc1ccc(S(=O)(=O)[O-])cc1. The van der Waals surface area contributed by atoms with Gasteiger partial charge >= 0.3 is 0 Å². The van der Waals surface area contributed by atoms with Crippen molar-refractivity contribution in [3.8, 4) is 0 Å². The number of quaternary nitrogens is 1. The summed E-state index contributed by atoms with van der Waals surface area (Å²) in [6.45, 7) is 6.75. The number of aryl methyl sites for hydroxylation is 1. The summed E-state index contributed by atoms with van der Waals surface area (Å²) in [5, 5.41) is 8.73. The maximum absolute atomic E-state index is 10.4. The largest absolute Gasteiger partial charge is 0.744 e. The molecule has 0 aliphatic carbocycles. The molecule has 1 N–H and O–H groups in total. The van der Waals surface area contributed by atoms with Crippen molar-refractivity contribution in [3.05, 3.63) is 29.8 Å². The summed E-state index contributed by atoms with van der Waals surface area (Å²) in [4.78, 5) is -0.178. The number of hydrogen-bond donors (Lipinski definition) is 1. The van der Waals surface area contributed by atoms with Crippen LogP contribution in [0.4, 0.5) is 0 Å². The molecule has 120 valence electrons. The minimum absolute atomic E-state index is 0.178. The van der Waals surface area contributed by atoms with Crippen molar-refractivity contribution < 1.29 is 27.3 Å². The Kier molecular flexibility index (Phi) is 6.76. The van der Waals surface area contributed by atoms with Crippen LogP contribution in [-0.2, 0) is 14.9 Å².